The number of ether oxygens (including phenoxy) is 1. The zero-order chi connectivity index (χ0) is 19.9. The maximum atomic E-state index is 12.3. The van der Waals surface area contributed by atoms with Gasteiger partial charge in [0, 0.05) is 37.8 Å². The quantitative estimate of drug-likeness (QED) is 0.654. The van der Waals surface area contributed by atoms with Gasteiger partial charge in [0.15, 0.2) is 0 Å². The number of nitrogens with one attached hydrogen (secondary N) is 2. The van der Waals surface area contributed by atoms with Gasteiger partial charge in [0.05, 0.1) is 0 Å². The minimum atomic E-state index is -0.00280. The van der Waals surface area contributed by atoms with E-state index in [4.69, 9.17) is 4.74 Å². The van der Waals surface area contributed by atoms with Crippen LogP contribution in [0.15, 0.2) is 54.6 Å². The van der Waals surface area contributed by atoms with Gasteiger partial charge < -0.3 is 20.3 Å². The summed E-state index contributed by atoms with van der Waals surface area (Å²) < 4.78 is 6.17. The average molecular weight is 466 g/mol. The highest BCUT2D eigenvalue weighted by atomic mass is 35.5. The lowest BCUT2D eigenvalue weighted by Crippen LogP contribution is -2.39. The third kappa shape index (κ3) is 7.69. The highest BCUT2D eigenvalue weighted by Crippen LogP contribution is 2.20. The van der Waals surface area contributed by atoms with Crippen molar-refractivity contribution < 1.29 is 9.53 Å². The summed E-state index contributed by atoms with van der Waals surface area (Å²) in [6, 6.07) is 18.5. The summed E-state index contributed by atoms with van der Waals surface area (Å²) in [6.07, 6.45) is 4.45. The molecule has 4 rings (SSSR count). The Labute approximate surface area is 197 Å². The molecule has 2 aromatic rings. The van der Waals surface area contributed by atoms with Crippen molar-refractivity contribution in [2.75, 3.05) is 32.7 Å². The molecule has 0 aliphatic carbocycles. The van der Waals surface area contributed by atoms with Crippen molar-refractivity contribution in [1.82, 2.24) is 15.5 Å². The van der Waals surface area contributed by atoms with Crippen molar-refractivity contribution in [2.24, 2.45) is 0 Å². The minimum Gasteiger partial charge on any atom is -0.490 e. The smallest absolute Gasteiger partial charge is 0.251 e. The maximum Gasteiger partial charge on any atom is 0.251 e. The first-order valence-corrected chi connectivity index (χ1v) is 10.8. The standard InChI is InChI=1S/C24H31N3O2.2ClH/c28-24(26-21-10-14-25-18-21)20-6-8-22(9-7-20)29-23-12-16-27(17-13-23)15-11-19-4-2-1-3-5-19;;/h1-9,21,23,25H,10-18H2,(H,26,28);2*1H. The van der Waals surface area contributed by atoms with E-state index >= 15 is 0 Å². The van der Waals surface area contributed by atoms with E-state index in [1.807, 2.05) is 24.3 Å². The van der Waals surface area contributed by atoms with Crippen LogP contribution in [-0.4, -0.2) is 55.7 Å². The van der Waals surface area contributed by atoms with Crippen molar-refractivity contribution in [2.45, 2.75) is 37.8 Å². The summed E-state index contributed by atoms with van der Waals surface area (Å²) in [5.74, 6) is 0.851. The van der Waals surface area contributed by atoms with Crippen LogP contribution in [0.4, 0.5) is 0 Å². The first kappa shape index (κ1) is 25.5. The van der Waals surface area contributed by atoms with Crippen LogP contribution in [-0.2, 0) is 6.42 Å². The molecule has 0 aromatic heterocycles. The molecule has 2 aliphatic heterocycles. The number of halogens is 2. The Morgan fingerprint density at radius 3 is 2.35 bits per heavy atom. The molecule has 1 amide bonds. The van der Waals surface area contributed by atoms with Crippen LogP contribution >= 0.6 is 24.8 Å². The van der Waals surface area contributed by atoms with Gasteiger partial charge in [-0.2, -0.15) is 0 Å². The first-order valence-electron chi connectivity index (χ1n) is 10.8. The molecule has 2 saturated heterocycles. The molecule has 0 bridgehead atoms. The zero-order valence-electron chi connectivity index (χ0n) is 17.8. The predicted octanol–water partition coefficient (Wildman–Crippen LogP) is 3.71. The molecule has 0 spiro atoms. The minimum absolute atomic E-state index is 0. The SMILES string of the molecule is Cl.Cl.O=C(NC1CCNC1)c1ccc(OC2CCN(CCc3ccccc3)CC2)cc1. The number of hydrogen-bond donors (Lipinski definition) is 2. The van der Waals surface area contributed by atoms with Crippen molar-refractivity contribution in [3.63, 3.8) is 0 Å². The molecule has 2 aromatic carbocycles. The fourth-order valence-electron chi connectivity index (χ4n) is 4.11. The van der Waals surface area contributed by atoms with Gasteiger partial charge in [-0.1, -0.05) is 30.3 Å². The van der Waals surface area contributed by atoms with E-state index in [1.54, 1.807) is 0 Å². The molecule has 31 heavy (non-hydrogen) atoms. The Kier molecular flexibility index (Phi) is 10.6. The Bertz CT molecular complexity index is 775. The number of nitrogens with zero attached hydrogens (tertiary/aromatic N) is 1. The van der Waals surface area contributed by atoms with Crippen molar-refractivity contribution in [1.29, 1.82) is 0 Å². The molecule has 2 N–H and O–H groups in total. The van der Waals surface area contributed by atoms with Crippen LogP contribution < -0.4 is 15.4 Å². The zero-order valence-corrected chi connectivity index (χ0v) is 19.4. The molecular formula is C24H33Cl2N3O2. The summed E-state index contributed by atoms with van der Waals surface area (Å²) in [5, 5.41) is 6.34. The van der Waals surface area contributed by atoms with Crippen LogP contribution in [0.5, 0.6) is 5.75 Å². The van der Waals surface area contributed by atoms with Gasteiger partial charge in [-0.15, -0.1) is 24.8 Å². The summed E-state index contributed by atoms with van der Waals surface area (Å²) in [6.45, 7) is 5.09. The molecule has 5 nitrogen and oxygen atoms in total. The number of carbonyl (C=O) groups excluding carboxylic acids is 1. The van der Waals surface area contributed by atoms with E-state index < -0.39 is 0 Å². The number of piperidine rings is 1. The second-order valence-corrected chi connectivity index (χ2v) is 8.08. The van der Waals surface area contributed by atoms with E-state index in [2.05, 4.69) is 45.9 Å². The molecule has 1 atom stereocenters. The Morgan fingerprint density at radius 2 is 1.71 bits per heavy atom. The fraction of sp³-hybridized carbons (Fsp3) is 0.458. The van der Waals surface area contributed by atoms with Crippen LogP contribution in [0.2, 0.25) is 0 Å². The molecule has 170 valence electrons. The number of rotatable bonds is 7. The lowest BCUT2D eigenvalue weighted by molar-refractivity contribution is 0.0939. The van der Waals surface area contributed by atoms with Crippen LogP contribution in [0.3, 0.4) is 0 Å². The summed E-state index contributed by atoms with van der Waals surface area (Å²) in [4.78, 5) is 14.8. The molecule has 2 aliphatic rings. The summed E-state index contributed by atoms with van der Waals surface area (Å²) in [7, 11) is 0. The van der Waals surface area contributed by atoms with E-state index in [0.29, 0.717) is 5.56 Å². The van der Waals surface area contributed by atoms with Gasteiger partial charge in [0.25, 0.3) is 5.91 Å². The molecular weight excluding hydrogens is 433 g/mol. The third-order valence-electron chi connectivity index (χ3n) is 5.91. The van der Waals surface area contributed by atoms with E-state index in [1.165, 1.54) is 5.56 Å². The summed E-state index contributed by atoms with van der Waals surface area (Å²) >= 11 is 0. The van der Waals surface area contributed by atoms with E-state index in [-0.39, 0.29) is 42.9 Å². The largest absolute Gasteiger partial charge is 0.490 e. The molecule has 2 heterocycles. The van der Waals surface area contributed by atoms with Crippen molar-refractivity contribution in [3.05, 3.63) is 65.7 Å². The molecule has 7 heteroatoms. The number of likely N-dealkylation sites (tertiary alicyclic amines) is 1. The highest BCUT2D eigenvalue weighted by molar-refractivity contribution is 5.94. The Balaban J connectivity index is 0.00000171. The van der Waals surface area contributed by atoms with Crippen LogP contribution in [0.25, 0.3) is 0 Å². The molecule has 1 unspecified atom stereocenters. The normalized spacial score (nSPS) is 19.2. The Morgan fingerprint density at radius 1 is 1.00 bits per heavy atom. The molecule has 0 radical (unpaired) electrons. The Hall–Kier alpha value is -1.79. The second kappa shape index (κ2) is 12.9. The monoisotopic (exact) mass is 465 g/mol. The lowest BCUT2D eigenvalue weighted by atomic mass is 10.1. The number of amides is 1. The number of carbonyl (C=O) groups is 1. The van der Waals surface area contributed by atoms with Crippen molar-refractivity contribution >= 4 is 30.7 Å². The predicted molar refractivity (Wildman–Crippen MR) is 130 cm³/mol. The van der Waals surface area contributed by atoms with Crippen molar-refractivity contribution in [3.8, 4) is 5.75 Å². The van der Waals surface area contributed by atoms with Gasteiger partial charge in [-0.25, -0.2) is 0 Å². The van der Waals surface area contributed by atoms with E-state index in [9.17, 15) is 4.79 Å². The van der Waals surface area contributed by atoms with Gasteiger partial charge in [-0.3, -0.25) is 4.79 Å². The topological polar surface area (TPSA) is 53.6 Å². The maximum absolute atomic E-state index is 12.3. The number of benzene rings is 2. The van der Waals surface area contributed by atoms with Crippen LogP contribution in [0.1, 0.15) is 35.2 Å². The highest BCUT2D eigenvalue weighted by Gasteiger charge is 2.21. The second-order valence-electron chi connectivity index (χ2n) is 8.08. The van der Waals surface area contributed by atoms with Gasteiger partial charge in [-0.05, 0) is 62.1 Å². The number of hydrogen-bond acceptors (Lipinski definition) is 4. The third-order valence-corrected chi connectivity index (χ3v) is 5.91. The van der Waals surface area contributed by atoms with Gasteiger partial charge >= 0.3 is 0 Å². The van der Waals surface area contributed by atoms with Gasteiger partial charge in [0.1, 0.15) is 11.9 Å². The average Bonchev–Trinajstić information content (AvgIpc) is 3.27. The molecule has 0 saturated carbocycles. The fourth-order valence-corrected chi connectivity index (χ4v) is 4.11. The van der Waals surface area contributed by atoms with Crippen LogP contribution in [0, 0.1) is 0 Å². The van der Waals surface area contributed by atoms with E-state index in [0.717, 1.165) is 64.2 Å². The summed E-state index contributed by atoms with van der Waals surface area (Å²) in [5.41, 5.74) is 2.10. The first-order chi connectivity index (χ1) is 14.3. The molecule has 2 fully saturated rings. The lowest BCUT2D eigenvalue weighted by Gasteiger charge is -2.32. The van der Waals surface area contributed by atoms with Gasteiger partial charge in [0.2, 0.25) is 0 Å².